The molecule has 1 heterocycles. The third-order valence-corrected chi connectivity index (χ3v) is 5.94. The van der Waals surface area contributed by atoms with Crippen molar-refractivity contribution in [3.8, 4) is 28.5 Å². The summed E-state index contributed by atoms with van der Waals surface area (Å²) in [6.45, 7) is 0. The quantitative estimate of drug-likeness (QED) is 0.254. The number of methoxy groups -OCH3 is 2. The lowest BCUT2D eigenvalue weighted by Gasteiger charge is -2.03. The molecule has 0 spiro atoms. The first-order valence-electron chi connectivity index (χ1n) is 10.1. The molecule has 0 atom stereocenters. The number of halogens is 2. The number of rotatable bonds is 7. The third-order valence-electron chi connectivity index (χ3n) is 4.88. The standard InChI is InChI=1S/C25H20Br2N4O3/c1-33-20-7-3-16(4-8-20)13-29-31-15-23(17-5-9-21(34-2)10-6-17)30-25(31)28-14-18-11-19(26)12-22(27)24(18)32/h3-15,32H,1-2H3/b28-14+,29-13?. The van der Waals surface area contributed by atoms with Crippen LogP contribution in [-0.2, 0) is 0 Å². The van der Waals surface area contributed by atoms with Gasteiger partial charge in [-0.25, -0.2) is 14.7 Å². The predicted molar refractivity (Wildman–Crippen MR) is 141 cm³/mol. The summed E-state index contributed by atoms with van der Waals surface area (Å²) < 4.78 is 13.4. The van der Waals surface area contributed by atoms with Gasteiger partial charge in [-0.15, -0.1) is 0 Å². The smallest absolute Gasteiger partial charge is 0.251 e. The van der Waals surface area contributed by atoms with Crippen LogP contribution in [-0.4, -0.2) is 41.4 Å². The second-order valence-electron chi connectivity index (χ2n) is 7.10. The number of imidazole rings is 1. The van der Waals surface area contributed by atoms with E-state index in [0.29, 0.717) is 21.7 Å². The Balaban J connectivity index is 1.71. The molecule has 0 amide bonds. The number of aromatic nitrogens is 2. The number of phenolic OH excluding ortho intramolecular Hbond substituents is 1. The minimum Gasteiger partial charge on any atom is -0.506 e. The summed E-state index contributed by atoms with van der Waals surface area (Å²) in [6.07, 6.45) is 5.06. The van der Waals surface area contributed by atoms with Gasteiger partial charge in [0.15, 0.2) is 0 Å². The van der Waals surface area contributed by atoms with E-state index in [1.54, 1.807) is 49.7 Å². The molecular formula is C25H20Br2N4O3. The number of nitrogens with zero attached hydrogens (tertiary/aromatic N) is 4. The summed E-state index contributed by atoms with van der Waals surface area (Å²) in [5.41, 5.74) is 3.01. The summed E-state index contributed by atoms with van der Waals surface area (Å²) in [4.78, 5) is 9.16. The molecule has 0 bridgehead atoms. The topological polar surface area (TPSA) is 81.2 Å². The summed E-state index contributed by atoms with van der Waals surface area (Å²) in [5.74, 6) is 1.97. The number of aromatic hydroxyl groups is 1. The second kappa shape index (κ2) is 10.7. The van der Waals surface area contributed by atoms with Crippen molar-refractivity contribution in [3.05, 3.63) is 86.9 Å². The van der Waals surface area contributed by atoms with Crippen LogP contribution in [0.15, 0.2) is 85.9 Å². The fourth-order valence-electron chi connectivity index (χ4n) is 3.07. The van der Waals surface area contributed by atoms with E-state index in [9.17, 15) is 5.11 Å². The zero-order valence-electron chi connectivity index (χ0n) is 18.3. The van der Waals surface area contributed by atoms with E-state index in [1.165, 1.54) is 0 Å². The predicted octanol–water partition coefficient (Wildman–Crippen LogP) is 6.43. The van der Waals surface area contributed by atoms with Crippen molar-refractivity contribution >= 4 is 50.2 Å². The number of ether oxygens (including phenoxy) is 2. The van der Waals surface area contributed by atoms with Gasteiger partial charge >= 0.3 is 0 Å². The summed E-state index contributed by atoms with van der Waals surface area (Å²) in [5, 5.41) is 14.9. The second-order valence-corrected chi connectivity index (χ2v) is 8.87. The third kappa shape index (κ3) is 5.55. The van der Waals surface area contributed by atoms with Crippen LogP contribution in [0.5, 0.6) is 17.2 Å². The molecule has 7 nitrogen and oxygen atoms in total. The van der Waals surface area contributed by atoms with Gasteiger partial charge < -0.3 is 14.6 Å². The van der Waals surface area contributed by atoms with Crippen LogP contribution in [0.4, 0.5) is 5.95 Å². The van der Waals surface area contributed by atoms with Crippen LogP contribution in [0.3, 0.4) is 0 Å². The lowest BCUT2D eigenvalue weighted by molar-refractivity contribution is 0.414. The number of hydrogen-bond donors (Lipinski definition) is 1. The molecule has 0 saturated carbocycles. The van der Waals surface area contributed by atoms with Gasteiger partial charge in [-0.2, -0.15) is 5.10 Å². The van der Waals surface area contributed by atoms with Crippen molar-refractivity contribution < 1.29 is 14.6 Å². The van der Waals surface area contributed by atoms with E-state index in [1.807, 2.05) is 48.5 Å². The summed E-state index contributed by atoms with van der Waals surface area (Å²) >= 11 is 6.77. The van der Waals surface area contributed by atoms with Crippen molar-refractivity contribution in [1.82, 2.24) is 9.66 Å². The van der Waals surface area contributed by atoms with Crippen molar-refractivity contribution in [2.75, 3.05) is 14.2 Å². The van der Waals surface area contributed by atoms with Gasteiger partial charge in [0.1, 0.15) is 17.2 Å². The molecule has 1 aromatic heterocycles. The van der Waals surface area contributed by atoms with Gasteiger partial charge in [-0.05, 0) is 82.2 Å². The molecule has 0 radical (unpaired) electrons. The Labute approximate surface area is 213 Å². The Morgan fingerprint density at radius 3 is 2.21 bits per heavy atom. The van der Waals surface area contributed by atoms with E-state index in [2.05, 4.69) is 46.9 Å². The Kier molecular flexibility index (Phi) is 7.44. The molecule has 0 aliphatic carbocycles. The van der Waals surface area contributed by atoms with E-state index >= 15 is 0 Å². The van der Waals surface area contributed by atoms with Gasteiger partial charge in [0.25, 0.3) is 5.95 Å². The van der Waals surface area contributed by atoms with Gasteiger partial charge in [-0.3, -0.25) is 0 Å². The van der Waals surface area contributed by atoms with Crippen LogP contribution >= 0.6 is 31.9 Å². The van der Waals surface area contributed by atoms with E-state index < -0.39 is 0 Å². The summed E-state index contributed by atoms with van der Waals surface area (Å²) in [6, 6.07) is 18.6. The molecule has 4 rings (SSSR count). The van der Waals surface area contributed by atoms with Crippen LogP contribution in [0.25, 0.3) is 11.3 Å². The van der Waals surface area contributed by atoms with E-state index in [0.717, 1.165) is 27.1 Å². The lowest BCUT2D eigenvalue weighted by Crippen LogP contribution is -1.91. The maximum atomic E-state index is 10.4. The Morgan fingerprint density at radius 2 is 1.56 bits per heavy atom. The molecule has 9 heteroatoms. The molecule has 172 valence electrons. The first kappa shape index (κ1) is 23.7. The van der Waals surface area contributed by atoms with Gasteiger partial charge in [0.05, 0.1) is 36.8 Å². The molecular weight excluding hydrogens is 564 g/mol. The fraction of sp³-hybridized carbons (Fsp3) is 0.0800. The summed E-state index contributed by atoms with van der Waals surface area (Å²) in [7, 11) is 3.25. The molecule has 0 unspecified atom stereocenters. The highest BCUT2D eigenvalue weighted by Crippen LogP contribution is 2.31. The zero-order valence-corrected chi connectivity index (χ0v) is 21.5. The molecule has 34 heavy (non-hydrogen) atoms. The zero-order chi connectivity index (χ0) is 24.1. The first-order chi connectivity index (χ1) is 16.5. The Bertz CT molecular complexity index is 1350. The minimum atomic E-state index is 0.0853. The van der Waals surface area contributed by atoms with Gasteiger partial charge in [0.2, 0.25) is 0 Å². The van der Waals surface area contributed by atoms with Crippen molar-refractivity contribution in [3.63, 3.8) is 0 Å². The fourth-order valence-corrected chi connectivity index (χ4v) is 4.32. The highest BCUT2D eigenvalue weighted by molar-refractivity contribution is 9.11. The number of phenols is 1. The average Bonchev–Trinajstić information content (AvgIpc) is 3.27. The molecule has 4 aromatic rings. The van der Waals surface area contributed by atoms with E-state index in [-0.39, 0.29) is 5.75 Å². The van der Waals surface area contributed by atoms with Crippen molar-refractivity contribution in [1.29, 1.82) is 0 Å². The normalized spacial score (nSPS) is 11.4. The molecule has 3 aromatic carbocycles. The monoisotopic (exact) mass is 582 g/mol. The SMILES string of the molecule is COc1ccc(C=Nn2cc(-c3ccc(OC)cc3)nc2/N=C/c2cc(Br)cc(Br)c2O)cc1. The number of aliphatic imine (C=N–C) groups is 1. The molecule has 0 saturated heterocycles. The maximum absolute atomic E-state index is 10.4. The largest absolute Gasteiger partial charge is 0.506 e. The van der Waals surface area contributed by atoms with Crippen LogP contribution < -0.4 is 9.47 Å². The van der Waals surface area contributed by atoms with Crippen molar-refractivity contribution in [2.45, 2.75) is 0 Å². The number of hydrogen-bond acceptors (Lipinski definition) is 6. The average molecular weight is 584 g/mol. The Morgan fingerprint density at radius 1 is 0.912 bits per heavy atom. The molecule has 0 aliphatic heterocycles. The minimum absolute atomic E-state index is 0.0853. The van der Waals surface area contributed by atoms with Gasteiger partial charge in [-0.1, -0.05) is 15.9 Å². The van der Waals surface area contributed by atoms with E-state index in [4.69, 9.17) is 9.47 Å². The van der Waals surface area contributed by atoms with Crippen LogP contribution in [0, 0.1) is 0 Å². The van der Waals surface area contributed by atoms with Crippen LogP contribution in [0.1, 0.15) is 11.1 Å². The first-order valence-corrected chi connectivity index (χ1v) is 11.7. The molecule has 0 aliphatic rings. The molecule has 0 fully saturated rings. The highest BCUT2D eigenvalue weighted by atomic mass is 79.9. The Hall–Kier alpha value is -3.43. The van der Waals surface area contributed by atoms with Crippen LogP contribution in [0.2, 0.25) is 0 Å². The molecule has 1 N–H and O–H groups in total. The maximum Gasteiger partial charge on any atom is 0.251 e. The lowest BCUT2D eigenvalue weighted by atomic mass is 10.2. The highest BCUT2D eigenvalue weighted by Gasteiger charge is 2.10. The van der Waals surface area contributed by atoms with Crippen molar-refractivity contribution in [2.24, 2.45) is 10.1 Å². The number of benzene rings is 3. The van der Waals surface area contributed by atoms with Gasteiger partial charge in [0, 0.05) is 21.8 Å².